The zero-order chi connectivity index (χ0) is 14.0. The van der Waals surface area contributed by atoms with Crippen LogP contribution in [0, 0.1) is 0 Å². The molecule has 6 heteroatoms. The molecule has 1 aliphatic heterocycles. The molecule has 19 heavy (non-hydrogen) atoms. The van der Waals surface area contributed by atoms with Crippen molar-refractivity contribution in [2.75, 3.05) is 14.2 Å². The van der Waals surface area contributed by atoms with Gasteiger partial charge >= 0.3 is 5.97 Å². The molecule has 0 atom stereocenters. The van der Waals surface area contributed by atoms with E-state index in [1.54, 1.807) is 25.1 Å². The van der Waals surface area contributed by atoms with Crippen molar-refractivity contribution in [1.82, 2.24) is 0 Å². The van der Waals surface area contributed by atoms with Crippen LogP contribution in [0.2, 0.25) is 5.02 Å². The zero-order valence-corrected chi connectivity index (χ0v) is 11.4. The Labute approximate surface area is 115 Å². The van der Waals surface area contributed by atoms with Crippen molar-refractivity contribution in [1.29, 1.82) is 0 Å². The Hall–Kier alpha value is -2.01. The highest BCUT2D eigenvalue weighted by Gasteiger charge is 2.21. The number of hydrogen-bond donors (Lipinski definition) is 0. The van der Waals surface area contributed by atoms with Gasteiger partial charge in [-0.1, -0.05) is 11.6 Å². The Morgan fingerprint density at radius 2 is 2.05 bits per heavy atom. The lowest BCUT2D eigenvalue weighted by molar-refractivity contribution is -0.130. The predicted octanol–water partition coefficient (Wildman–Crippen LogP) is 2.67. The van der Waals surface area contributed by atoms with E-state index in [2.05, 4.69) is 4.99 Å². The van der Waals surface area contributed by atoms with Gasteiger partial charge in [0.15, 0.2) is 23.1 Å². The molecule has 100 valence electrons. The lowest BCUT2D eigenvalue weighted by Crippen LogP contribution is -2.00. The SMILES string of the molecule is COc1ccc(/C=C2\N=C(C)OC2=O)c(Cl)c1OC. The number of carbonyl (C=O) groups is 1. The number of halogens is 1. The van der Waals surface area contributed by atoms with Crippen molar-refractivity contribution in [3.8, 4) is 11.5 Å². The molecule has 0 radical (unpaired) electrons. The van der Waals surface area contributed by atoms with Crippen LogP contribution in [-0.2, 0) is 9.53 Å². The molecule has 0 aromatic heterocycles. The number of aliphatic imine (C=N–C) groups is 1. The fourth-order valence-corrected chi connectivity index (χ4v) is 1.97. The Morgan fingerprint density at radius 1 is 1.32 bits per heavy atom. The summed E-state index contributed by atoms with van der Waals surface area (Å²) in [6, 6.07) is 3.42. The van der Waals surface area contributed by atoms with Gasteiger partial charge < -0.3 is 14.2 Å². The number of carbonyl (C=O) groups excluding carboxylic acids is 1. The van der Waals surface area contributed by atoms with E-state index in [1.807, 2.05) is 0 Å². The lowest BCUT2D eigenvalue weighted by Gasteiger charge is -2.10. The second-order valence-corrected chi connectivity index (χ2v) is 4.13. The number of rotatable bonds is 3. The molecule has 0 aliphatic carbocycles. The highest BCUT2D eigenvalue weighted by atomic mass is 35.5. The van der Waals surface area contributed by atoms with Gasteiger partial charge in [0.1, 0.15) is 0 Å². The molecule has 2 rings (SSSR count). The first-order chi connectivity index (χ1) is 9.06. The smallest absolute Gasteiger partial charge is 0.363 e. The number of methoxy groups -OCH3 is 2. The number of esters is 1. The van der Waals surface area contributed by atoms with Crippen LogP contribution in [0.5, 0.6) is 11.5 Å². The summed E-state index contributed by atoms with van der Waals surface area (Å²) in [5.74, 6) is 0.741. The summed E-state index contributed by atoms with van der Waals surface area (Å²) in [7, 11) is 3.01. The molecule has 0 saturated heterocycles. The molecule has 1 heterocycles. The van der Waals surface area contributed by atoms with Crippen LogP contribution >= 0.6 is 11.6 Å². The van der Waals surface area contributed by atoms with Crippen molar-refractivity contribution >= 4 is 29.5 Å². The first kappa shape index (κ1) is 13.4. The first-order valence-electron chi connectivity index (χ1n) is 5.46. The van der Waals surface area contributed by atoms with Crippen LogP contribution in [0.1, 0.15) is 12.5 Å². The van der Waals surface area contributed by atoms with Crippen molar-refractivity contribution < 1.29 is 19.0 Å². The number of nitrogens with zero attached hydrogens (tertiary/aromatic N) is 1. The Bertz CT molecular complexity index is 593. The highest BCUT2D eigenvalue weighted by molar-refractivity contribution is 6.34. The Balaban J connectivity index is 2.47. The number of hydrogen-bond acceptors (Lipinski definition) is 5. The Morgan fingerprint density at radius 3 is 2.58 bits per heavy atom. The van der Waals surface area contributed by atoms with E-state index in [1.165, 1.54) is 14.2 Å². The van der Waals surface area contributed by atoms with E-state index in [4.69, 9.17) is 25.8 Å². The maximum Gasteiger partial charge on any atom is 0.363 e. The topological polar surface area (TPSA) is 57.1 Å². The van der Waals surface area contributed by atoms with Gasteiger partial charge in [-0.2, -0.15) is 0 Å². The van der Waals surface area contributed by atoms with Crippen LogP contribution in [0.4, 0.5) is 0 Å². The maximum absolute atomic E-state index is 11.5. The normalized spacial score (nSPS) is 16.3. The average Bonchev–Trinajstić information content (AvgIpc) is 2.70. The first-order valence-corrected chi connectivity index (χ1v) is 5.84. The number of cyclic esters (lactones) is 1. The summed E-state index contributed by atoms with van der Waals surface area (Å²) < 4.78 is 15.1. The molecule has 0 saturated carbocycles. The third-order valence-electron chi connectivity index (χ3n) is 2.53. The minimum Gasteiger partial charge on any atom is -0.493 e. The monoisotopic (exact) mass is 281 g/mol. The molecular formula is C13H12ClNO4. The van der Waals surface area contributed by atoms with Crippen LogP contribution in [0.25, 0.3) is 6.08 Å². The maximum atomic E-state index is 11.5. The summed E-state index contributed by atoms with van der Waals surface area (Å²) in [5, 5.41) is 0.349. The second kappa shape index (κ2) is 5.32. The lowest BCUT2D eigenvalue weighted by atomic mass is 10.1. The molecule has 0 amide bonds. The zero-order valence-electron chi connectivity index (χ0n) is 10.7. The van der Waals surface area contributed by atoms with E-state index in [-0.39, 0.29) is 5.70 Å². The molecule has 1 aliphatic rings. The van der Waals surface area contributed by atoms with E-state index < -0.39 is 5.97 Å². The third-order valence-corrected chi connectivity index (χ3v) is 2.92. The largest absolute Gasteiger partial charge is 0.493 e. The summed E-state index contributed by atoms with van der Waals surface area (Å²) in [4.78, 5) is 15.5. The highest BCUT2D eigenvalue weighted by Crippen LogP contribution is 2.38. The fourth-order valence-electron chi connectivity index (χ4n) is 1.68. The van der Waals surface area contributed by atoms with Gasteiger partial charge in [0, 0.05) is 6.92 Å². The Kier molecular flexibility index (Phi) is 3.76. The van der Waals surface area contributed by atoms with Gasteiger partial charge in [0.25, 0.3) is 0 Å². The number of ether oxygens (including phenoxy) is 3. The van der Waals surface area contributed by atoms with Gasteiger partial charge in [-0.25, -0.2) is 9.79 Å². The molecule has 0 spiro atoms. The van der Waals surface area contributed by atoms with Crippen molar-refractivity contribution in [3.63, 3.8) is 0 Å². The summed E-state index contributed by atoms with van der Waals surface area (Å²) in [5.41, 5.74) is 0.802. The van der Waals surface area contributed by atoms with E-state index in [0.717, 1.165) is 0 Å². The van der Waals surface area contributed by atoms with Gasteiger partial charge in [-0.05, 0) is 23.8 Å². The third kappa shape index (κ3) is 2.56. The van der Waals surface area contributed by atoms with Crippen LogP contribution in [-0.4, -0.2) is 26.1 Å². The minimum atomic E-state index is -0.497. The fraction of sp³-hybridized carbons (Fsp3) is 0.231. The summed E-state index contributed by atoms with van der Waals surface area (Å²) in [6.07, 6.45) is 1.54. The molecule has 0 bridgehead atoms. The number of benzene rings is 1. The molecule has 1 aromatic carbocycles. The molecule has 0 unspecified atom stereocenters. The summed E-state index contributed by atoms with van der Waals surface area (Å²) in [6.45, 7) is 1.61. The van der Waals surface area contributed by atoms with E-state index in [0.29, 0.717) is 28.0 Å². The molecule has 0 N–H and O–H groups in total. The standard InChI is InChI=1S/C13H12ClNO4/c1-7-15-9(13(16)19-7)6-8-4-5-10(17-2)12(18-3)11(8)14/h4-6H,1-3H3/b9-6-. The molecule has 0 fully saturated rings. The average molecular weight is 282 g/mol. The van der Waals surface area contributed by atoms with Crippen molar-refractivity contribution in [3.05, 3.63) is 28.4 Å². The second-order valence-electron chi connectivity index (χ2n) is 3.75. The van der Waals surface area contributed by atoms with Crippen LogP contribution < -0.4 is 9.47 Å². The predicted molar refractivity (Wildman–Crippen MR) is 71.7 cm³/mol. The van der Waals surface area contributed by atoms with E-state index in [9.17, 15) is 4.79 Å². The van der Waals surface area contributed by atoms with Gasteiger partial charge in [0.2, 0.25) is 0 Å². The van der Waals surface area contributed by atoms with Gasteiger partial charge in [-0.15, -0.1) is 0 Å². The van der Waals surface area contributed by atoms with Gasteiger partial charge in [0.05, 0.1) is 19.2 Å². The van der Waals surface area contributed by atoms with Crippen molar-refractivity contribution in [2.24, 2.45) is 4.99 Å². The minimum absolute atomic E-state index is 0.201. The quantitative estimate of drug-likeness (QED) is 0.631. The molecule has 5 nitrogen and oxygen atoms in total. The summed E-state index contributed by atoms with van der Waals surface area (Å²) >= 11 is 6.21. The molecule has 1 aromatic rings. The van der Waals surface area contributed by atoms with Gasteiger partial charge in [-0.3, -0.25) is 0 Å². The van der Waals surface area contributed by atoms with Crippen LogP contribution in [0.15, 0.2) is 22.8 Å². The van der Waals surface area contributed by atoms with E-state index >= 15 is 0 Å². The van der Waals surface area contributed by atoms with Crippen LogP contribution in [0.3, 0.4) is 0 Å². The molecular weight excluding hydrogens is 270 g/mol. The van der Waals surface area contributed by atoms with Crippen molar-refractivity contribution in [2.45, 2.75) is 6.92 Å².